The SMILES string of the molecule is CCN1CCCC(C(C)NCC2COC(C)(C)O2)C1. The van der Waals surface area contributed by atoms with Crippen molar-refractivity contribution < 1.29 is 9.47 Å². The van der Waals surface area contributed by atoms with Gasteiger partial charge in [0.2, 0.25) is 0 Å². The molecule has 2 heterocycles. The van der Waals surface area contributed by atoms with Crippen LogP contribution in [0.25, 0.3) is 0 Å². The Morgan fingerprint density at radius 2 is 2.21 bits per heavy atom. The van der Waals surface area contributed by atoms with E-state index in [1.807, 2.05) is 13.8 Å². The first kappa shape index (κ1) is 15.2. The highest BCUT2D eigenvalue weighted by Crippen LogP contribution is 2.23. The standard InChI is InChI=1S/C15H30N2O2/c1-5-17-8-6-7-13(10-17)12(2)16-9-14-11-18-15(3,4)19-14/h12-14,16H,5-11H2,1-4H3. The van der Waals surface area contributed by atoms with Crippen molar-refractivity contribution in [2.75, 3.05) is 32.8 Å². The summed E-state index contributed by atoms with van der Waals surface area (Å²) in [6, 6.07) is 0.557. The Bertz CT molecular complexity index is 283. The largest absolute Gasteiger partial charge is 0.348 e. The summed E-state index contributed by atoms with van der Waals surface area (Å²) in [7, 11) is 0. The van der Waals surface area contributed by atoms with Gasteiger partial charge in [-0.1, -0.05) is 6.92 Å². The molecular formula is C15H30N2O2. The lowest BCUT2D eigenvalue weighted by molar-refractivity contribution is -0.138. The third-order valence-corrected chi connectivity index (χ3v) is 4.43. The fourth-order valence-corrected chi connectivity index (χ4v) is 3.13. The quantitative estimate of drug-likeness (QED) is 0.826. The van der Waals surface area contributed by atoms with E-state index in [2.05, 4.69) is 24.1 Å². The average Bonchev–Trinajstić information content (AvgIpc) is 2.75. The molecule has 0 aromatic heterocycles. The van der Waals surface area contributed by atoms with Crippen molar-refractivity contribution >= 4 is 0 Å². The average molecular weight is 270 g/mol. The van der Waals surface area contributed by atoms with Crippen LogP contribution in [0.4, 0.5) is 0 Å². The molecule has 2 fully saturated rings. The van der Waals surface area contributed by atoms with Crippen LogP contribution in [0.1, 0.15) is 40.5 Å². The van der Waals surface area contributed by atoms with Crippen LogP contribution in [-0.4, -0.2) is 55.6 Å². The third kappa shape index (κ3) is 4.42. The van der Waals surface area contributed by atoms with Gasteiger partial charge >= 0.3 is 0 Å². The van der Waals surface area contributed by atoms with E-state index in [1.165, 1.54) is 32.5 Å². The van der Waals surface area contributed by atoms with E-state index in [9.17, 15) is 0 Å². The molecule has 0 aromatic carbocycles. The fraction of sp³-hybridized carbons (Fsp3) is 1.00. The molecule has 2 aliphatic rings. The zero-order chi connectivity index (χ0) is 13.9. The lowest BCUT2D eigenvalue weighted by Gasteiger charge is -2.35. The van der Waals surface area contributed by atoms with Gasteiger partial charge in [-0.05, 0) is 52.6 Å². The van der Waals surface area contributed by atoms with Crippen LogP contribution < -0.4 is 5.32 Å². The lowest BCUT2D eigenvalue weighted by atomic mass is 9.91. The highest BCUT2D eigenvalue weighted by atomic mass is 16.7. The molecule has 4 nitrogen and oxygen atoms in total. The first-order valence-electron chi connectivity index (χ1n) is 7.77. The van der Waals surface area contributed by atoms with Crippen LogP contribution in [0.5, 0.6) is 0 Å². The second-order valence-electron chi connectivity index (χ2n) is 6.44. The maximum absolute atomic E-state index is 5.83. The molecule has 4 heteroatoms. The number of nitrogens with one attached hydrogen (secondary N) is 1. The van der Waals surface area contributed by atoms with Crippen molar-refractivity contribution in [2.24, 2.45) is 5.92 Å². The summed E-state index contributed by atoms with van der Waals surface area (Å²) in [5, 5.41) is 3.65. The smallest absolute Gasteiger partial charge is 0.163 e. The number of piperidine rings is 1. The van der Waals surface area contributed by atoms with Crippen molar-refractivity contribution in [2.45, 2.75) is 58.5 Å². The Morgan fingerprint density at radius 3 is 2.84 bits per heavy atom. The van der Waals surface area contributed by atoms with Gasteiger partial charge in [0.05, 0.1) is 12.7 Å². The molecule has 0 bridgehead atoms. The monoisotopic (exact) mass is 270 g/mol. The van der Waals surface area contributed by atoms with E-state index < -0.39 is 5.79 Å². The van der Waals surface area contributed by atoms with Gasteiger partial charge in [0.15, 0.2) is 5.79 Å². The number of nitrogens with zero attached hydrogens (tertiary/aromatic N) is 1. The molecule has 0 spiro atoms. The van der Waals surface area contributed by atoms with Gasteiger partial charge in [0, 0.05) is 19.1 Å². The van der Waals surface area contributed by atoms with Gasteiger partial charge in [-0.3, -0.25) is 0 Å². The maximum atomic E-state index is 5.83. The first-order chi connectivity index (χ1) is 9.00. The van der Waals surface area contributed by atoms with E-state index >= 15 is 0 Å². The Balaban J connectivity index is 1.71. The molecule has 112 valence electrons. The molecule has 0 radical (unpaired) electrons. The predicted octanol–water partition coefficient (Wildman–Crippen LogP) is 1.85. The van der Waals surface area contributed by atoms with Crippen molar-refractivity contribution in [3.63, 3.8) is 0 Å². The minimum Gasteiger partial charge on any atom is -0.348 e. The molecule has 0 saturated carbocycles. The second-order valence-corrected chi connectivity index (χ2v) is 6.44. The van der Waals surface area contributed by atoms with Gasteiger partial charge in [0.25, 0.3) is 0 Å². The minimum absolute atomic E-state index is 0.198. The van der Waals surface area contributed by atoms with E-state index in [0.29, 0.717) is 12.6 Å². The summed E-state index contributed by atoms with van der Waals surface area (Å²) in [5.74, 6) is 0.364. The minimum atomic E-state index is -0.403. The normalized spacial score (nSPS) is 33.5. The second kappa shape index (κ2) is 6.53. The molecule has 3 atom stereocenters. The van der Waals surface area contributed by atoms with Crippen LogP contribution in [0.2, 0.25) is 0 Å². The molecule has 2 aliphatic heterocycles. The van der Waals surface area contributed by atoms with Crippen LogP contribution in [0, 0.1) is 5.92 Å². The van der Waals surface area contributed by atoms with Crippen molar-refractivity contribution in [3.8, 4) is 0 Å². The van der Waals surface area contributed by atoms with Crippen LogP contribution in [0.3, 0.4) is 0 Å². The summed E-state index contributed by atoms with van der Waals surface area (Å²) >= 11 is 0. The zero-order valence-electron chi connectivity index (χ0n) is 12.9. The molecule has 2 saturated heterocycles. The first-order valence-corrected chi connectivity index (χ1v) is 7.77. The molecule has 0 aliphatic carbocycles. The number of rotatable bonds is 5. The maximum Gasteiger partial charge on any atom is 0.163 e. The Hall–Kier alpha value is -0.160. The Labute approximate surface area is 117 Å². The molecule has 19 heavy (non-hydrogen) atoms. The molecule has 1 N–H and O–H groups in total. The van der Waals surface area contributed by atoms with E-state index in [0.717, 1.165) is 12.5 Å². The number of likely N-dealkylation sites (tertiary alicyclic amines) is 1. The van der Waals surface area contributed by atoms with Gasteiger partial charge in [-0.2, -0.15) is 0 Å². The number of hydrogen-bond donors (Lipinski definition) is 1. The summed E-state index contributed by atoms with van der Waals surface area (Å²) in [6.45, 7) is 13.8. The molecule has 3 unspecified atom stereocenters. The summed E-state index contributed by atoms with van der Waals surface area (Å²) in [4.78, 5) is 2.56. The van der Waals surface area contributed by atoms with Crippen molar-refractivity contribution in [3.05, 3.63) is 0 Å². The summed E-state index contributed by atoms with van der Waals surface area (Å²) < 4.78 is 11.4. The lowest BCUT2D eigenvalue weighted by Crippen LogP contribution is -2.46. The van der Waals surface area contributed by atoms with E-state index in [4.69, 9.17) is 9.47 Å². The van der Waals surface area contributed by atoms with Gasteiger partial charge in [-0.25, -0.2) is 0 Å². The molecule has 0 amide bonds. The van der Waals surface area contributed by atoms with Crippen molar-refractivity contribution in [1.82, 2.24) is 10.2 Å². The Morgan fingerprint density at radius 1 is 1.42 bits per heavy atom. The highest BCUT2D eigenvalue weighted by Gasteiger charge is 2.33. The summed E-state index contributed by atoms with van der Waals surface area (Å²) in [5.41, 5.74) is 0. The van der Waals surface area contributed by atoms with Crippen molar-refractivity contribution in [1.29, 1.82) is 0 Å². The van der Waals surface area contributed by atoms with Gasteiger partial charge < -0.3 is 19.7 Å². The van der Waals surface area contributed by atoms with Crippen LogP contribution >= 0.6 is 0 Å². The van der Waals surface area contributed by atoms with Crippen LogP contribution in [-0.2, 0) is 9.47 Å². The zero-order valence-corrected chi connectivity index (χ0v) is 12.9. The predicted molar refractivity (Wildman–Crippen MR) is 77.2 cm³/mol. The highest BCUT2D eigenvalue weighted by molar-refractivity contribution is 4.82. The van der Waals surface area contributed by atoms with Crippen LogP contribution in [0.15, 0.2) is 0 Å². The molecule has 0 aromatic rings. The van der Waals surface area contributed by atoms with Gasteiger partial charge in [0.1, 0.15) is 0 Å². The fourth-order valence-electron chi connectivity index (χ4n) is 3.13. The third-order valence-electron chi connectivity index (χ3n) is 4.43. The topological polar surface area (TPSA) is 33.7 Å². The van der Waals surface area contributed by atoms with Gasteiger partial charge in [-0.15, -0.1) is 0 Å². The Kier molecular flexibility index (Phi) is 5.23. The van der Waals surface area contributed by atoms with E-state index in [1.54, 1.807) is 0 Å². The molecular weight excluding hydrogens is 240 g/mol. The van der Waals surface area contributed by atoms with E-state index in [-0.39, 0.29) is 6.10 Å². The number of ether oxygens (including phenoxy) is 2. The summed E-state index contributed by atoms with van der Waals surface area (Å²) in [6.07, 6.45) is 2.88. The molecule has 2 rings (SSSR count). The number of hydrogen-bond acceptors (Lipinski definition) is 4.